The van der Waals surface area contributed by atoms with Gasteiger partial charge in [-0.05, 0) is 54.3 Å². The fraction of sp³-hybridized carbons (Fsp3) is 0.333. The Morgan fingerprint density at radius 1 is 1.03 bits per heavy atom. The number of rotatable bonds is 3. The van der Waals surface area contributed by atoms with Crippen molar-refractivity contribution in [1.29, 1.82) is 0 Å². The van der Waals surface area contributed by atoms with Crippen LogP contribution in [-0.2, 0) is 23.6 Å². The number of benzene rings is 2. The third-order valence-corrected chi connectivity index (χ3v) is 6.87. The summed E-state index contributed by atoms with van der Waals surface area (Å²) in [6.45, 7) is 1.32. The van der Waals surface area contributed by atoms with E-state index >= 15 is 0 Å². The number of anilines is 1. The van der Waals surface area contributed by atoms with Gasteiger partial charge in [0, 0.05) is 25.0 Å². The van der Waals surface area contributed by atoms with Gasteiger partial charge >= 0.3 is 12.4 Å². The van der Waals surface area contributed by atoms with Gasteiger partial charge in [0.05, 0.1) is 41.4 Å². The molecule has 1 fully saturated rings. The van der Waals surface area contributed by atoms with Crippen LogP contribution in [0.2, 0.25) is 0 Å². The molecule has 0 saturated carbocycles. The van der Waals surface area contributed by atoms with Gasteiger partial charge in [-0.25, -0.2) is 4.39 Å². The third kappa shape index (κ3) is 5.49. The van der Waals surface area contributed by atoms with Crippen LogP contribution in [0, 0.1) is 17.7 Å². The SMILES string of the molecule is O=C1C(c2ccc(C(F)(F)F)cc2C(F)(F)F)CCc2cc(F)ccc2N1CC#Cc1cnn(C2CNC2)c1. The van der Waals surface area contributed by atoms with E-state index in [1.807, 2.05) is 0 Å². The van der Waals surface area contributed by atoms with Crippen molar-refractivity contribution in [2.24, 2.45) is 0 Å². The van der Waals surface area contributed by atoms with Crippen molar-refractivity contribution < 1.29 is 35.5 Å². The van der Waals surface area contributed by atoms with Crippen LogP contribution in [0.1, 0.15) is 46.2 Å². The van der Waals surface area contributed by atoms with Crippen molar-refractivity contribution in [3.63, 3.8) is 0 Å². The second-order valence-corrected chi connectivity index (χ2v) is 9.41. The average Bonchev–Trinajstić information content (AvgIpc) is 3.22. The maximum atomic E-state index is 14.0. The first-order chi connectivity index (χ1) is 18.4. The molecule has 1 N–H and O–H groups in total. The van der Waals surface area contributed by atoms with Gasteiger partial charge in [-0.15, -0.1) is 0 Å². The van der Waals surface area contributed by atoms with Crippen LogP contribution >= 0.6 is 0 Å². The standard InChI is InChI=1S/C27H21F7N4O/c28-19-5-8-24-17(10-19)3-6-22(21-7-4-18(26(29,30)31)11-23(21)27(32,33)34)25(39)37(24)9-1-2-16-12-36-38(15-16)20-13-35-14-20/h4-5,7-8,10-12,15,20,22,35H,3,6,9,13-14H2. The lowest BCUT2D eigenvalue weighted by Gasteiger charge is -2.27. The number of nitrogens with one attached hydrogen (secondary N) is 1. The molecule has 5 rings (SSSR count). The number of carbonyl (C=O) groups excluding carboxylic acids is 1. The molecule has 12 heteroatoms. The molecule has 1 atom stereocenters. The Morgan fingerprint density at radius 2 is 1.79 bits per heavy atom. The van der Waals surface area contributed by atoms with Crippen molar-refractivity contribution in [3.05, 3.63) is 82.4 Å². The van der Waals surface area contributed by atoms with Crippen LogP contribution in [0.25, 0.3) is 0 Å². The number of aromatic nitrogens is 2. The first-order valence-electron chi connectivity index (χ1n) is 12.0. The lowest BCUT2D eigenvalue weighted by atomic mass is 9.88. The highest BCUT2D eigenvalue weighted by molar-refractivity contribution is 6.00. The molecule has 1 unspecified atom stereocenters. The number of nitrogens with zero attached hydrogens (tertiary/aromatic N) is 3. The molecule has 2 aromatic carbocycles. The lowest BCUT2D eigenvalue weighted by molar-refractivity contribution is -0.143. The monoisotopic (exact) mass is 550 g/mol. The fourth-order valence-electron chi connectivity index (χ4n) is 4.76. The summed E-state index contributed by atoms with van der Waals surface area (Å²) in [5.74, 6) is 2.95. The quantitative estimate of drug-likeness (QED) is 0.355. The molecule has 2 aliphatic heterocycles. The molecular formula is C27H21F7N4O. The fourth-order valence-corrected chi connectivity index (χ4v) is 4.76. The molecule has 3 aromatic rings. The summed E-state index contributed by atoms with van der Waals surface area (Å²) in [4.78, 5) is 14.9. The highest BCUT2D eigenvalue weighted by Crippen LogP contribution is 2.42. The van der Waals surface area contributed by atoms with Crippen LogP contribution < -0.4 is 10.2 Å². The maximum Gasteiger partial charge on any atom is 0.416 e. The van der Waals surface area contributed by atoms with Gasteiger partial charge in [-0.3, -0.25) is 14.4 Å². The summed E-state index contributed by atoms with van der Waals surface area (Å²) in [6.07, 6.45) is -6.96. The lowest BCUT2D eigenvalue weighted by Crippen LogP contribution is -2.43. The van der Waals surface area contributed by atoms with Crippen molar-refractivity contribution in [3.8, 4) is 11.8 Å². The van der Waals surface area contributed by atoms with E-state index in [0.29, 0.717) is 23.3 Å². The number of fused-ring (bicyclic) bond motifs is 1. The summed E-state index contributed by atoms with van der Waals surface area (Å²) in [6, 6.07) is 5.16. The van der Waals surface area contributed by atoms with Gasteiger partial charge in [0.25, 0.3) is 0 Å². The normalized spacial score (nSPS) is 18.2. The molecule has 3 heterocycles. The molecule has 5 nitrogen and oxygen atoms in total. The van der Waals surface area contributed by atoms with Gasteiger partial charge < -0.3 is 5.32 Å². The van der Waals surface area contributed by atoms with E-state index in [1.54, 1.807) is 17.1 Å². The second-order valence-electron chi connectivity index (χ2n) is 9.41. The Kier molecular flexibility index (Phi) is 6.88. The number of hydrogen-bond acceptors (Lipinski definition) is 3. The van der Waals surface area contributed by atoms with Crippen LogP contribution in [0.5, 0.6) is 0 Å². The Bertz CT molecular complexity index is 1460. The number of alkyl halides is 6. The second kappa shape index (κ2) is 10.0. The maximum absolute atomic E-state index is 14.0. The number of carbonyl (C=O) groups is 1. The number of halogens is 7. The van der Waals surface area contributed by atoms with Crippen LogP contribution in [0.3, 0.4) is 0 Å². The summed E-state index contributed by atoms with van der Waals surface area (Å²) in [5, 5.41) is 7.38. The zero-order valence-electron chi connectivity index (χ0n) is 20.2. The van der Waals surface area contributed by atoms with E-state index in [2.05, 4.69) is 22.3 Å². The van der Waals surface area contributed by atoms with E-state index in [-0.39, 0.29) is 37.2 Å². The molecule has 1 aromatic heterocycles. The first kappa shape index (κ1) is 26.7. The highest BCUT2D eigenvalue weighted by atomic mass is 19.4. The summed E-state index contributed by atoms with van der Waals surface area (Å²) in [7, 11) is 0. The molecule has 0 spiro atoms. The smallest absolute Gasteiger partial charge is 0.312 e. The summed E-state index contributed by atoms with van der Waals surface area (Å²) in [5.41, 5.74) is -2.32. The Hall–Kier alpha value is -3.85. The topological polar surface area (TPSA) is 50.2 Å². The van der Waals surface area contributed by atoms with Crippen molar-refractivity contribution in [1.82, 2.24) is 15.1 Å². The zero-order valence-corrected chi connectivity index (χ0v) is 20.2. The molecule has 1 amide bonds. The van der Waals surface area contributed by atoms with Gasteiger partial charge in [-0.1, -0.05) is 17.9 Å². The number of amides is 1. The van der Waals surface area contributed by atoms with Crippen molar-refractivity contribution >= 4 is 11.6 Å². The number of aryl methyl sites for hydroxylation is 1. The van der Waals surface area contributed by atoms with E-state index in [9.17, 15) is 35.5 Å². The Balaban J connectivity index is 1.50. The van der Waals surface area contributed by atoms with Crippen molar-refractivity contribution in [2.75, 3.05) is 24.5 Å². The molecule has 0 radical (unpaired) electrons. The first-order valence-corrected chi connectivity index (χ1v) is 12.0. The Labute approximate surface area is 218 Å². The van der Waals surface area contributed by atoms with Gasteiger partial charge in [0.15, 0.2) is 0 Å². The Morgan fingerprint density at radius 3 is 2.46 bits per heavy atom. The van der Waals surface area contributed by atoms with Gasteiger partial charge in [0.1, 0.15) is 5.82 Å². The summed E-state index contributed by atoms with van der Waals surface area (Å²) < 4.78 is 97.1. The van der Waals surface area contributed by atoms with Crippen LogP contribution in [0.15, 0.2) is 48.8 Å². The predicted octanol–water partition coefficient (Wildman–Crippen LogP) is 5.32. The van der Waals surface area contributed by atoms with E-state index in [1.165, 1.54) is 12.1 Å². The minimum atomic E-state index is -5.14. The molecule has 204 valence electrons. The van der Waals surface area contributed by atoms with Crippen LogP contribution in [0.4, 0.5) is 36.4 Å². The van der Waals surface area contributed by atoms with Gasteiger partial charge in [0.2, 0.25) is 5.91 Å². The van der Waals surface area contributed by atoms with E-state index in [4.69, 9.17) is 0 Å². The molecule has 2 aliphatic rings. The predicted molar refractivity (Wildman–Crippen MR) is 127 cm³/mol. The molecule has 39 heavy (non-hydrogen) atoms. The third-order valence-electron chi connectivity index (χ3n) is 6.87. The van der Waals surface area contributed by atoms with Gasteiger partial charge in [-0.2, -0.15) is 31.4 Å². The van der Waals surface area contributed by atoms with Crippen LogP contribution in [-0.4, -0.2) is 35.3 Å². The molecule has 0 aliphatic carbocycles. The van der Waals surface area contributed by atoms with Crippen molar-refractivity contribution in [2.45, 2.75) is 37.2 Å². The van der Waals surface area contributed by atoms with E-state index in [0.717, 1.165) is 24.1 Å². The minimum absolute atomic E-state index is 0.0275. The zero-order chi connectivity index (χ0) is 27.9. The average molecular weight is 550 g/mol. The van der Waals surface area contributed by atoms with E-state index < -0.39 is 46.7 Å². The minimum Gasteiger partial charge on any atom is -0.312 e. The summed E-state index contributed by atoms with van der Waals surface area (Å²) >= 11 is 0. The molecule has 0 bridgehead atoms. The molecular weight excluding hydrogens is 529 g/mol. The highest BCUT2D eigenvalue weighted by Gasteiger charge is 2.42. The number of hydrogen-bond donors (Lipinski definition) is 1. The molecule has 1 saturated heterocycles. The largest absolute Gasteiger partial charge is 0.416 e.